The van der Waals surface area contributed by atoms with Gasteiger partial charge in [0, 0.05) is 17.7 Å². The third kappa shape index (κ3) is 4.22. The van der Waals surface area contributed by atoms with Gasteiger partial charge in [-0.1, -0.05) is 41.9 Å². The molecule has 1 N–H and O–H groups in total. The van der Waals surface area contributed by atoms with Crippen molar-refractivity contribution >= 4 is 56.5 Å². The monoisotopic (exact) mass is 435 g/mol. The molecule has 0 spiro atoms. The summed E-state index contributed by atoms with van der Waals surface area (Å²) in [5.74, 6) is -0.360. The maximum atomic E-state index is 12.5. The summed E-state index contributed by atoms with van der Waals surface area (Å²) in [6.45, 7) is 0. The second-order valence-corrected chi connectivity index (χ2v) is 7.76. The van der Waals surface area contributed by atoms with E-state index in [4.69, 9.17) is 11.6 Å². The van der Waals surface area contributed by atoms with Gasteiger partial charge in [-0.2, -0.15) is 0 Å². The summed E-state index contributed by atoms with van der Waals surface area (Å²) in [6.07, 6.45) is 2.82. The van der Waals surface area contributed by atoms with Crippen molar-refractivity contribution in [2.24, 2.45) is 0 Å². The lowest BCUT2D eigenvalue weighted by Crippen LogP contribution is -2.08. The number of aromatic nitrogens is 1. The van der Waals surface area contributed by atoms with E-state index >= 15 is 0 Å². The number of carbonyl (C=O) groups is 1. The summed E-state index contributed by atoms with van der Waals surface area (Å²) in [5.41, 5.74) is 2.65. The first-order valence-electron chi connectivity index (χ1n) is 8.89. The van der Waals surface area contributed by atoms with Crippen LogP contribution in [-0.2, 0) is 4.79 Å². The van der Waals surface area contributed by atoms with Crippen LogP contribution in [0.4, 0.5) is 11.4 Å². The molecule has 1 aromatic heterocycles. The molecule has 0 aliphatic rings. The highest BCUT2D eigenvalue weighted by Gasteiger charge is 2.13. The highest BCUT2D eigenvalue weighted by Crippen LogP contribution is 2.34. The van der Waals surface area contributed by atoms with Crippen LogP contribution in [0.3, 0.4) is 0 Å². The van der Waals surface area contributed by atoms with Crippen LogP contribution in [0.25, 0.3) is 26.9 Å². The molecule has 8 heteroatoms. The molecule has 6 nitrogen and oxygen atoms in total. The number of nitrogens with zero attached hydrogens (tertiary/aromatic N) is 2. The zero-order chi connectivity index (χ0) is 21.1. The lowest BCUT2D eigenvalue weighted by atomic mass is 10.1. The number of anilines is 1. The van der Waals surface area contributed by atoms with E-state index in [2.05, 4.69) is 10.3 Å². The van der Waals surface area contributed by atoms with Crippen molar-refractivity contribution in [3.8, 4) is 10.6 Å². The lowest BCUT2D eigenvalue weighted by molar-refractivity contribution is -0.384. The number of hydrogen-bond donors (Lipinski definition) is 1. The van der Waals surface area contributed by atoms with Gasteiger partial charge in [-0.15, -0.1) is 11.3 Å². The van der Waals surface area contributed by atoms with Gasteiger partial charge >= 0.3 is 0 Å². The van der Waals surface area contributed by atoms with Gasteiger partial charge in [-0.05, 0) is 42.0 Å². The summed E-state index contributed by atoms with van der Waals surface area (Å²) in [6, 6.07) is 19.6. The van der Waals surface area contributed by atoms with Crippen LogP contribution in [0.1, 0.15) is 5.56 Å². The van der Waals surface area contributed by atoms with Crippen molar-refractivity contribution in [3.05, 3.63) is 93.5 Å². The SMILES string of the molecule is O=C(/C=C/c1ccc(Cl)c([N+](=O)[O-])c1)Nc1ccccc1-c1nc2ccccc2s1. The van der Waals surface area contributed by atoms with Crippen LogP contribution in [0.2, 0.25) is 5.02 Å². The summed E-state index contributed by atoms with van der Waals surface area (Å²) in [4.78, 5) is 27.5. The Morgan fingerprint density at radius 3 is 2.67 bits per heavy atom. The molecule has 0 unspecified atom stereocenters. The van der Waals surface area contributed by atoms with Crippen molar-refractivity contribution < 1.29 is 9.72 Å². The predicted octanol–water partition coefficient (Wildman–Crippen LogP) is 6.18. The van der Waals surface area contributed by atoms with E-state index in [1.165, 1.54) is 24.3 Å². The van der Waals surface area contributed by atoms with Crippen LogP contribution >= 0.6 is 22.9 Å². The number of rotatable bonds is 5. The summed E-state index contributed by atoms with van der Waals surface area (Å²) in [5, 5.41) is 14.7. The standard InChI is InChI=1S/C22H14ClN3O3S/c23-16-11-9-14(13-19(16)26(28)29)10-12-21(27)24-17-6-2-1-5-15(17)22-25-18-7-3-4-8-20(18)30-22/h1-13H,(H,24,27)/b12-10+. The third-order valence-corrected chi connectivity index (χ3v) is 5.69. The Morgan fingerprint density at radius 1 is 1.10 bits per heavy atom. The van der Waals surface area contributed by atoms with E-state index in [1.807, 2.05) is 42.5 Å². The molecule has 1 heterocycles. The number of hydrogen-bond acceptors (Lipinski definition) is 5. The van der Waals surface area contributed by atoms with Crippen molar-refractivity contribution in [1.29, 1.82) is 0 Å². The predicted molar refractivity (Wildman–Crippen MR) is 121 cm³/mol. The van der Waals surface area contributed by atoms with E-state index in [-0.39, 0.29) is 16.6 Å². The molecule has 1 amide bonds. The smallest absolute Gasteiger partial charge is 0.288 e. The molecule has 0 bridgehead atoms. The summed E-state index contributed by atoms with van der Waals surface area (Å²) in [7, 11) is 0. The Kier molecular flexibility index (Phi) is 5.56. The number of nitro benzene ring substituents is 1. The lowest BCUT2D eigenvalue weighted by Gasteiger charge is -2.07. The van der Waals surface area contributed by atoms with Crippen LogP contribution in [-0.4, -0.2) is 15.8 Å². The van der Waals surface area contributed by atoms with Crippen molar-refractivity contribution in [3.63, 3.8) is 0 Å². The molecule has 3 aromatic carbocycles. The minimum Gasteiger partial charge on any atom is -0.322 e. The van der Waals surface area contributed by atoms with Gasteiger partial charge in [0.25, 0.3) is 5.69 Å². The van der Waals surface area contributed by atoms with Gasteiger partial charge in [-0.25, -0.2) is 4.98 Å². The summed E-state index contributed by atoms with van der Waals surface area (Å²) < 4.78 is 1.07. The fourth-order valence-electron chi connectivity index (χ4n) is 2.89. The van der Waals surface area contributed by atoms with Crippen molar-refractivity contribution in [2.45, 2.75) is 0 Å². The highest BCUT2D eigenvalue weighted by atomic mass is 35.5. The third-order valence-electron chi connectivity index (χ3n) is 4.30. The van der Waals surface area contributed by atoms with E-state index < -0.39 is 4.92 Å². The second kappa shape index (κ2) is 8.44. The van der Waals surface area contributed by atoms with Gasteiger partial charge in [0.1, 0.15) is 10.0 Å². The molecule has 0 fully saturated rings. The van der Waals surface area contributed by atoms with Gasteiger partial charge in [-0.3, -0.25) is 14.9 Å². The fraction of sp³-hybridized carbons (Fsp3) is 0. The Labute approximate surface area is 180 Å². The normalized spacial score (nSPS) is 11.1. The maximum Gasteiger partial charge on any atom is 0.288 e. The zero-order valence-corrected chi connectivity index (χ0v) is 17.0. The molecule has 0 aliphatic heterocycles. The maximum absolute atomic E-state index is 12.5. The molecular formula is C22H14ClN3O3S. The number of para-hydroxylation sites is 2. The van der Waals surface area contributed by atoms with Gasteiger partial charge in [0.15, 0.2) is 0 Å². The molecule has 0 saturated carbocycles. The average molecular weight is 436 g/mol. The number of thiazole rings is 1. The Hall–Kier alpha value is -3.55. The van der Waals surface area contributed by atoms with Crippen LogP contribution in [0.15, 0.2) is 72.8 Å². The largest absolute Gasteiger partial charge is 0.322 e. The van der Waals surface area contributed by atoms with Crippen LogP contribution in [0.5, 0.6) is 0 Å². The van der Waals surface area contributed by atoms with Crippen molar-refractivity contribution in [2.75, 3.05) is 5.32 Å². The van der Waals surface area contributed by atoms with Gasteiger partial charge in [0.05, 0.1) is 20.8 Å². The topological polar surface area (TPSA) is 85.1 Å². The first kappa shape index (κ1) is 19.8. The summed E-state index contributed by atoms with van der Waals surface area (Å²) >= 11 is 7.37. The number of halogens is 1. The number of nitro groups is 1. The average Bonchev–Trinajstić information content (AvgIpc) is 3.17. The van der Waals surface area contributed by atoms with E-state index in [9.17, 15) is 14.9 Å². The highest BCUT2D eigenvalue weighted by molar-refractivity contribution is 7.21. The molecular weight excluding hydrogens is 422 g/mol. The zero-order valence-electron chi connectivity index (χ0n) is 15.4. The molecule has 0 radical (unpaired) electrons. The van der Waals surface area contributed by atoms with Crippen LogP contribution < -0.4 is 5.32 Å². The minimum absolute atomic E-state index is 0.0476. The number of benzene rings is 3. The molecule has 0 saturated heterocycles. The Bertz CT molecular complexity index is 1270. The van der Waals surface area contributed by atoms with E-state index in [0.29, 0.717) is 11.3 Å². The second-order valence-electron chi connectivity index (χ2n) is 6.32. The first-order chi connectivity index (χ1) is 14.5. The Balaban J connectivity index is 1.56. The Morgan fingerprint density at radius 2 is 1.87 bits per heavy atom. The quantitative estimate of drug-likeness (QED) is 0.230. The number of fused-ring (bicyclic) bond motifs is 1. The van der Waals surface area contributed by atoms with Crippen LogP contribution in [0, 0.1) is 10.1 Å². The molecule has 148 valence electrons. The number of carbonyl (C=O) groups excluding carboxylic acids is 1. The minimum atomic E-state index is -0.562. The fourth-order valence-corrected chi connectivity index (χ4v) is 4.08. The molecule has 30 heavy (non-hydrogen) atoms. The van der Waals surface area contributed by atoms with Gasteiger partial charge < -0.3 is 5.32 Å². The van der Waals surface area contributed by atoms with Gasteiger partial charge in [0.2, 0.25) is 5.91 Å². The first-order valence-corrected chi connectivity index (χ1v) is 10.1. The number of nitrogens with one attached hydrogen (secondary N) is 1. The number of amides is 1. The molecule has 0 aliphatic carbocycles. The molecule has 4 rings (SSSR count). The molecule has 4 aromatic rings. The molecule has 0 atom stereocenters. The van der Waals surface area contributed by atoms with Crippen molar-refractivity contribution in [1.82, 2.24) is 4.98 Å². The van der Waals surface area contributed by atoms with E-state index in [1.54, 1.807) is 23.5 Å². The van der Waals surface area contributed by atoms with E-state index in [0.717, 1.165) is 20.8 Å².